The maximum absolute atomic E-state index is 13.9. The van der Waals surface area contributed by atoms with E-state index in [1.807, 2.05) is 0 Å². The van der Waals surface area contributed by atoms with Gasteiger partial charge in [-0.1, -0.05) is 18.2 Å². The van der Waals surface area contributed by atoms with Crippen molar-refractivity contribution in [3.05, 3.63) is 71.1 Å². The van der Waals surface area contributed by atoms with E-state index in [0.29, 0.717) is 29.7 Å². The third kappa shape index (κ3) is 2.52. The molecule has 1 aliphatic rings. The van der Waals surface area contributed by atoms with Crippen LogP contribution in [0.5, 0.6) is 0 Å². The summed E-state index contributed by atoms with van der Waals surface area (Å²) in [4.78, 5) is 16.0. The Balaban J connectivity index is 2.12. The zero-order valence-electron chi connectivity index (χ0n) is 12.5. The summed E-state index contributed by atoms with van der Waals surface area (Å²) in [6.45, 7) is 1.58. The summed E-state index contributed by atoms with van der Waals surface area (Å²) in [5, 5.41) is 9.79. The van der Waals surface area contributed by atoms with Crippen molar-refractivity contribution < 1.29 is 18.7 Å². The second kappa shape index (κ2) is 5.57. The molecule has 1 aromatic heterocycles. The summed E-state index contributed by atoms with van der Waals surface area (Å²) in [6.07, 6.45) is 3.53. The Hall–Kier alpha value is -2.56. The van der Waals surface area contributed by atoms with Gasteiger partial charge in [0, 0.05) is 0 Å². The van der Waals surface area contributed by atoms with E-state index < -0.39 is 23.0 Å². The molecule has 1 aromatic carbocycles. The van der Waals surface area contributed by atoms with E-state index in [0.717, 1.165) is 11.8 Å². The van der Waals surface area contributed by atoms with Crippen molar-refractivity contribution in [2.24, 2.45) is 0 Å². The number of nitrogens with zero attached hydrogens (tertiary/aromatic N) is 1. The predicted molar refractivity (Wildman–Crippen MR) is 81.9 cm³/mol. The molecule has 3 nitrogen and oxygen atoms in total. The number of pyridine rings is 1. The van der Waals surface area contributed by atoms with Crippen molar-refractivity contribution >= 4 is 11.5 Å². The quantitative estimate of drug-likeness (QED) is 0.935. The molecule has 0 aliphatic heterocycles. The van der Waals surface area contributed by atoms with Gasteiger partial charge in [0.2, 0.25) is 0 Å². The van der Waals surface area contributed by atoms with Crippen molar-refractivity contribution in [2.45, 2.75) is 25.2 Å². The standard InChI is InChI=1S/C18H15F2NO2/c1-11-14(3-2-4-15(11)20)18(17(22)23)8-7-12(9-18)16-6-5-13(19)10-21-16/h2-6,9-10H,7-8H2,1H3,(H,22,23). The molecule has 2 aromatic rings. The van der Waals surface area contributed by atoms with Gasteiger partial charge in [-0.3, -0.25) is 9.78 Å². The van der Waals surface area contributed by atoms with Gasteiger partial charge in [-0.25, -0.2) is 8.78 Å². The zero-order valence-corrected chi connectivity index (χ0v) is 12.5. The number of aromatic nitrogens is 1. The Bertz CT molecular complexity index is 799. The fourth-order valence-electron chi connectivity index (χ4n) is 3.13. The van der Waals surface area contributed by atoms with Gasteiger partial charge in [0.15, 0.2) is 0 Å². The Morgan fingerprint density at radius 1 is 1.26 bits per heavy atom. The highest BCUT2D eigenvalue weighted by Gasteiger charge is 2.43. The van der Waals surface area contributed by atoms with Crippen LogP contribution < -0.4 is 0 Å². The molecule has 1 unspecified atom stereocenters. The number of carboxylic acid groups (broad SMARTS) is 1. The lowest BCUT2D eigenvalue weighted by Crippen LogP contribution is -2.32. The van der Waals surface area contributed by atoms with Gasteiger partial charge >= 0.3 is 5.97 Å². The highest BCUT2D eigenvalue weighted by atomic mass is 19.1. The van der Waals surface area contributed by atoms with Crippen LogP contribution in [0.2, 0.25) is 0 Å². The van der Waals surface area contributed by atoms with Crippen molar-refractivity contribution in [3.8, 4) is 0 Å². The summed E-state index contributed by atoms with van der Waals surface area (Å²) in [6, 6.07) is 7.29. The molecule has 1 heterocycles. The molecule has 23 heavy (non-hydrogen) atoms. The minimum atomic E-state index is -1.28. The lowest BCUT2D eigenvalue weighted by atomic mass is 9.78. The molecular formula is C18H15F2NO2. The minimum Gasteiger partial charge on any atom is -0.480 e. The van der Waals surface area contributed by atoms with Crippen molar-refractivity contribution in [1.29, 1.82) is 0 Å². The maximum Gasteiger partial charge on any atom is 0.318 e. The summed E-state index contributed by atoms with van der Waals surface area (Å²) in [5.41, 5.74) is 0.777. The second-order valence-corrected chi connectivity index (χ2v) is 5.72. The van der Waals surface area contributed by atoms with Crippen LogP contribution in [-0.2, 0) is 10.2 Å². The number of hydrogen-bond acceptors (Lipinski definition) is 2. The molecule has 0 saturated heterocycles. The summed E-state index contributed by atoms with van der Waals surface area (Å²) in [7, 11) is 0. The van der Waals surface area contributed by atoms with Crippen LogP contribution in [0.4, 0.5) is 8.78 Å². The highest BCUT2D eigenvalue weighted by molar-refractivity contribution is 5.89. The van der Waals surface area contributed by atoms with Gasteiger partial charge in [-0.15, -0.1) is 0 Å². The molecular weight excluding hydrogens is 300 g/mol. The van der Waals surface area contributed by atoms with Crippen LogP contribution in [0.1, 0.15) is 29.7 Å². The van der Waals surface area contributed by atoms with Crippen molar-refractivity contribution in [2.75, 3.05) is 0 Å². The summed E-state index contributed by atoms with van der Waals surface area (Å²) in [5.74, 6) is -1.90. The molecule has 1 aliphatic carbocycles. The Morgan fingerprint density at radius 2 is 2.04 bits per heavy atom. The van der Waals surface area contributed by atoms with E-state index in [4.69, 9.17) is 0 Å². The number of benzene rings is 1. The molecule has 0 radical (unpaired) electrons. The first kappa shape index (κ1) is 15.3. The fourth-order valence-corrected chi connectivity index (χ4v) is 3.13. The summed E-state index contributed by atoms with van der Waals surface area (Å²) < 4.78 is 26.9. The number of carbonyl (C=O) groups is 1. The van der Waals surface area contributed by atoms with E-state index in [1.165, 1.54) is 24.3 Å². The van der Waals surface area contributed by atoms with Crippen LogP contribution in [0.15, 0.2) is 42.6 Å². The first-order chi connectivity index (χ1) is 10.9. The largest absolute Gasteiger partial charge is 0.480 e. The maximum atomic E-state index is 13.9. The lowest BCUT2D eigenvalue weighted by Gasteiger charge is -2.24. The van der Waals surface area contributed by atoms with Gasteiger partial charge in [-0.2, -0.15) is 0 Å². The second-order valence-electron chi connectivity index (χ2n) is 5.72. The molecule has 0 bridgehead atoms. The van der Waals surface area contributed by atoms with Gasteiger partial charge < -0.3 is 5.11 Å². The van der Waals surface area contributed by atoms with E-state index in [9.17, 15) is 18.7 Å². The molecule has 0 saturated carbocycles. The van der Waals surface area contributed by atoms with Gasteiger partial charge in [0.1, 0.15) is 17.0 Å². The summed E-state index contributed by atoms with van der Waals surface area (Å²) >= 11 is 0. The van der Waals surface area contributed by atoms with Gasteiger partial charge in [0.05, 0.1) is 11.9 Å². The van der Waals surface area contributed by atoms with Gasteiger partial charge in [-0.05, 0) is 54.7 Å². The molecule has 0 fully saturated rings. The Labute approximate surface area is 132 Å². The molecule has 1 atom stereocenters. The third-order valence-corrected chi connectivity index (χ3v) is 4.40. The molecule has 3 rings (SSSR count). The smallest absolute Gasteiger partial charge is 0.318 e. The van der Waals surface area contributed by atoms with E-state index in [1.54, 1.807) is 19.1 Å². The SMILES string of the molecule is Cc1c(F)cccc1C1(C(=O)O)C=C(c2ccc(F)cn2)CC1. The normalized spacial score (nSPS) is 20.4. The minimum absolute atomic E-state index is 0.320. The van der Waals surface area contributed by atoms with E-state index in [-0.39, 0.29) is 0 Å². The van der Waals surface area contributed by atoms with Crippen molar-refractivity contribution in [3.63, 3.8) is 0 Å². The lowest BCUT2D eigenvalue weighted by molar-refractivity contribution is -0.141. The van der Waals surface area contributed by atoms with Gasteiger partial charge in [0.25, 0.3) is 0 Å². The number of halogens is 2. The fraction of sp³-hybridized carbons (Fsp3) is 0.222. The van der Waals surface area contributed by atoms with Crippen molar-refractivity contribution in [1.82, 2.24) is 4.98 Å². The Kier molecular flexibility index (Phi) is 3.72. The van der Waals surface area contributed by atoms with Crippen LogP contribution in [0.3, 0.4) is 0 Å². The average Bonchev–Trinajstić information content (AvgIpc) is 2.97. The third-order valence-electron chi connectivity index (χ3n) is 4.40. The number of hydrogen-bond donors (Lipinski definition) is 1. The molecule has 0 amide bonds. The number of aliphatic carboxylic acids is 1. The average molecular weight is 315 g/mol. The topological polar surface area (TPSA) is 50.2 Å². The molecule has 1 N–H and O–H groups in total. The van der Waals surface area contributed by atoms with Crippen LogP contribution in [-0.4, -0.2) is 16.1 Å². The number of carboxylic acids is 1. The Morgan fingerprint density at radius 3 is 2.70 bits per heavy atom. The highest BCUT2D eigenvalue weighted by Crippen LogP contribution is 2.44. The van der Waals surface area contributed by atoms with Crippen LogP contribution in [0, 0.1) is 18.6 Å². The molecule has 118 valence electrons. The van der Waals surface area contributed by atoms with Crippen LogP contribution in [0.25, 0.3) is 5.57 Å². The molecule has 5 heteroatoms. The monoisotopic (exact) mass is 315 g/mol. The molecule has 0 spiro atoms. The first-order valence-corrected chi connectivity index (χ1v) is 7.27. The van der Waals surface area contributed by atoms with Crippen LogP contribution >= 0.6 is 0 Å². The number of rotatable bonds is 3. The number of allylic oxidation sites excluding steroid dienone is 1. The van der Waals surface area contributed by atoms with E-state index >= 15 is 0 Å². The van der Waals surface area contributed by atoms with E-state index in [2.05, 4.69) is 4.98 Å². The zero-order chi connectivity index (χ0) is 16.6. The predicted octanol–water partition coefficient (Wildman–Crippen LogP) is 3.87. The first-order valence-electron chi connectivity index (χ1n) is 7.27.